The molecule has 0 aliphatic carbocycles. The number of likely N-dealkylation sites (N-methyl/N-ethyl adjacent to an activating group) is 1. The highest BCUT2D eigenvalue weighted by atomic mass is 79.9. The van der Waals surface area contributed by atoms with Crippen molar-refractivity contribution in [2.24, 2.45) is 0 Å². The van der Waals surface area contributed by atoms with Crippen LogP contribution in [0.5, 0.6) is 11.5 Å². The van der Waals surface area contributed by atoms with Crippen LogP contribution in [0.2, 0.25) is 0 Å². The highest BCUT2D eigenvalue weighted by Crippen LogP contribution is 2.39. The zero-order valence-electron chi connectivity index (χ0n) is 9.77. The van der Waals surface area contributed by atoms with E-state index in [9.17, 15) is 9.18 Å². The van der Waals surface area contributed by atoms with Gasteiger partial charge in [-0.05, 0) is 23.0 Å². The summed E-state index contributed by atoms with van der Waals surface area (Å²) in [4.78, 5) is 11.7. The molecule has 0 unspecified atom stereocenters. The molecule has 0 bridgehead atoms. The lowest BCUT2D eigenvalue weighted by molar-refractivity contribution is 0.0988. The molecule has 17 heavy (non-hydrogen) atoms. The highest BCUT2D eigenvalue weighted by Gasteiger charge is 2.22. The van der Waals surface area contributed by atoms with E-state index in [-0.39, 0.29) is 28.1 Å². The van der Waals surface area contributed by atoms with Gasteiger partial charge in [-0.15, -0.1) is 0 Å². The number of hydrogen-bond acceptors (Lipinski definition) is 4. The highest BCUT2D eigenvalue weighted by molar-refractivity contribution is 9.10. The normalized spacial score (nSPS) is 10.2. The Kier molecular flexibility index (Phi) is 4.89. The van der Waals surface area contributed by atoms with E-state index in [4.69, 9.17) is 9.47 Å². The molecule has 0 fully saturated rings. The van der Waals surface area contributed by atoms with Crippen LogP contribution in [0.25, 0.3) is 0 Å². The Bertz CT molecular complexity index is 437. The topological polar surface area (TPSA) is 47.6 Å². The van der Waals surface area contributed by atoms with Gasteiger partial charge in [0.05, 0.1) is 30.8 Å². The summed E-state index contributed by atoms with van der Waals surface area (Å²) in [7, 11) is 4.44. The molecule has 4 nitrogen and oxygen atoms in total. The van der Waals surface area contributed by atoms with Gasteiger partial charge in [0.1, 0.15) is 5.82 Å². The molecule has 1 aromatic carbocycles. The minimum Gasteiger partial charge on any atom is -0.493 e. The molecule has 0 radical (unpaired) electrons. The zero-order valence-corrected chi connectivity index (χ0v) is 11.4. The monoisotopic (exact) mass is 305 g/mol. The molecular weight excluding hydrogens is 293 g/mol. The quantitative estimate of drug-likeness (QED) is 0.845. The maximum atomic E-state index is 13.8. The first kappa shape index (κ1) is 13.9. The fourth-order valence-corrected chi connectivity index (χ4v) is 2.19. The summed E-state index contributed by atoms with van der Waals surface area (Å²) in [5.74, 6) is -0.473. The predicted octanol–water partition coefficient (Wildman–Crippen LogP) is 2.01. The molecular formula is C11H13BrFNO3. The third kappa shape index (κ3) is 2.76. The van der Waals surface area contributed by atoms with E-state index in [1.54, 1.807) is 7.05 Å². The minimum atomic E-state index is -0.644. The van der Waals surface area contributed by atoms with Crippen molar-refractivity contribution in [3.63, 3.8) is 0 Å². The number of methoxy groups -OCH3 is 2. The van der Waals surface area contributed by atoms with Crippen LogP contribution in [0.4, 0.5) is 4.39 Å². The molecule has 6 heteroatoms. The molecule has 0 heterocycles. The summed E-state index contributed by atoms with van der Waals surface area (Å²) < 4.78 is 24.1. The number of carbonyl (C=O) groups excluding carboxylic acids is 1. The number of nitrogens with one attached hydrogen (secondary N) is 1. The van der Waals surface area contributed by atoms with Gasteiger partial charge in [0, 0.05) is 6.07 Å². The fraction of sp³-hybridized carbons (Fsp3) is 0.364. The summed E-state index contributed by atoms with van der Waals surface area (Å²) >= 11 is 3.16. The van der Waals surface area contributed by atoms with E-state index in [0.29, 0.717) is 5.75 Å². The van der Waals surface area contributed by atoms with Crippen molar-refractivity contribution in [3.05, 3.63) is 21.9 Å². The number of benzene rings is 1. The van der Waals surface area contributed by atoms with Crippen LogP contribution in [0, 0.1) is 5.82 Å². The van der Waals surface area contributed by atoms with Gasteiger partial charge in [0.25, 0.3) is 0 Å². The largest absolute Gasteiger partial charge is 0.493 e. The molecule has 0 aliphatic rings. The Morgan fingerprint density at radius 1 is 1.47 bits per heavy atom. The third-order valence-corrected chi connectivity index (χ3v) is 2.94. The summed E-state index contributed by atoms with van der Waals surface area (Å²) in [6.45, 7) is 0.0466. The van der Waals surface area contributed by atoms with Gasteiger partial charge < -0.3 is 14.8 Å². The second-order valence-corrected chi connectivity index (χ2v) is 4.03. The Balaban J connectivity index is 3.36. The van der Waals surface area contributed by atoms with Crippen LogP contribution in [-0.4, -0.2) is 33.6 Å². The molecule has 0 amide bonds. The summed E-state index contributed by atoms with van der Waals surface area (Å²) in [5.41, 5.74) is -0.0444. The van der Waals surface area contributed by atoms with Gasteiger partial charge in [-0.25, -0.2) is 4.39 Å². The number of halogens is 2. The van der Waals surface area contributed by atoms with Gasteiger partial charge >= 0.3 is 0 Å². The smallest absolute Gasteiger partial charge is 0.180 e. The van der Waals surface area contributed by atoms with Crippen LogP contribution in [0.1, 0.15) is 10.4 Å². The Labute approximate surface area is 107 Å². The average Bonchev–Trinajstić information content (AvgIpc) is 2.28. The van der Waals surface area contributed by atoms with Gasteiger partial charge in [-0.2, -0.15) is 0 Å². The van der Waals surface area contributed by atoms with Gasteiger partial charge in [0.2, 0.25) is 0 Å². The molecule has 94 valence electrons. The van der Waals surface area contributed by atoms with E-state index in [2.05, 4.69) is 21.2 Å². The fourth-order valence-electron chi connectivity index (χ4n) is 1.43. The van der Waals surface area contributed by atoms with Crippen LogP contribution < -0.4 is 14.8 Å². The first-order valence-corrected chi connectivity index (χ1v) is 5.63. The lowest BCUT2D eigenvalue weighted by Gasteiger charge is -2.13. The second kappa shape index (κ2) is 5.97. The molecule has 0 atom stereocenters. The molecule has 0 aliphatic heterocycles. The van der Waals surface area contributed by atoms with E-state index in [1.165, 1.54) is 14.2 Å². The lowest BCUT2D eigenvalue weighted by atomic mass is 10.1. The predicted molar refractivity (Wildman–Crippen MR) is 65.5 cm³/mol. The average molecular weight is 306 g/mol. The van der Waals surface area contributed by atoms with Gasteiger partial charge in [-0.3, -0.25) is 4.79 Å². The number of rotatable bonds is 5. The molecule has 0 saturated heterocycles. The van der Waals surface area contributed by atoms with Crippen molar-refractivity contribution in [2.45, 2.75) is 0 Å². The number of ether oxygens (including phenoxy) is 2. The van der Waals surface area contributed by atoms with Crippen LogP contribution in [-0.2, 0) is 0 Å². The summed E-state index contributed by atoms with van der Waals surface area (Å²) in [6.07, 6.45) is 0. The third-order valence-electron chi connectivity index (χ3n) is 2.18. The van der Waals surface area contributed by atoms with Crippen molar-refractivity contribution < 1.29 is 18.7 Å². The number of Topliss-reactive ketones (excluding diaryl/α,β-unsaturated/α-hetero) is 1. The molecule has 0 aromatic heterocycles. The zero-order chi connectivity index (χ0) is 13.0. The van der Waals surface area contributed by atoms with Gasteiger partial charge in [0.15, 0.2) is 17.3 Å². The first-order chi connectivity index (χ1) is 8.06. The van der Waals surface area contributed by atoms with Crippen molar-refractivity contribution >= 4 is 21.7 Å². The van der Waals surface area contributed by atoms with Crippen LogP contribution in [0.3, 0.4) is 0 Å². The lowest BCUT2D eigenvalue weighted by Crippen LogP contribution is -2.20. The summed E-state index contributed by atoms with van der Waals surface area (Å²) in [5, 5.41) is 2.68. The van der Waals surface area contributed by atoms with Gasteiger partial charge in [-0.1, -0.05) is 0 Å². The maximum Gasteiger partial charge on any atom is 0.180 e. The molecule has 0 spiro atoms. The molecule has 1 aromatic rings. The van der Waals surface area contributed by atoms with Crippen molar-refractivity contribution in [3.8, 4) is 11.5 Å². The van der Waals surface area contributed by atoms with E-state index < -0.39 is 5.82 Å². The number of carbonyl (C=O) groups is 1. The maximum absolute atomic E-state index is 13.8. The SMILES string of the molecule is CNCC(=O)c1c(F)cc(OC)c(OC)c1Br. The van der Waals surface area contributed by atoms with Crippen LogP contribution in [0.15, 0.2) is 10.5 Å². The molecule has 1 N–H and O–H groups in total. The van der Waals surface area contributed by atoms with Crippen molar-refractivity contribution in [2.75, 3.05) is 27.8 Å². The Morgan fingerprint density at radius 2 is 2.12 bits per heavy atom. The van der Waals surface area contributed by atoms with Crippen molar-refractivity contribution in [1.29, 1.82) is 0 Å². The van der Waals surface area contributed by atoms with Crippen molar-refractivity contribution in [1.82, 2.24) is 5.32 Å². The molecule has 1 rings (SSSR count). The number of ketones is 1. The second-order valence-electron chi connectivity index (χ2n) is 3.24. The Morgan fingerprint density at radius 3 is 2.59 bits per heavy atom. The van der Waals surface area contributed by atoms with E-state index in [0.717, 1.165) is 6.07 Å². The Hall–Kier alpha value is -1.14. The minimum absolute atomic E-state index is 0.0444. The molecule has 0 saturated carbocycles. The summed E-state index contributed by atoms with van der Waals surface area (Å²) in [6, 6.07) is 1.13. The van der Waals surface area contributed by atoms with Crippen LogP contribution >= 0.6 is 15.9 Å². The van der Waals surface area contributed by atoms with E-state index >= 15 is 0 Å². The number of hydrogen-bond donors (Lipinski definition) is 1. The van der Waals surface area contributed by atoms with E-state index in [1.807, 2.05) is 0 Å². The standard InChI is InChI=1S/C11H13BrFNO3/c1-14-5-7(15)9-6(13)4-8(16-2)11(17-3)10(9)12/h4,14H,5H2,1-3H3. The first-order valence-electron chi connectivity index (χ1n) is 4.84.